The van der Waals surface area contributed by atoms with E-state index < -0.39 is 0 Å². The van der Waals surface area contributed by atoms with Gasteiger partial charge in [0, 0.05) is 50.9 Å². The molecule has 0 bridgehead atoms. The van der Waals surface area contributed by atoms with E-state index in [1.807, 2.05) is 0 Å². The van der Waals surface area contributed by atoms with Crippen molar-refractivity contribution in [1.29, 1.82) is 0 Å². The van der Waals surface area contributed by atoms with Crippen LogP contribution in [0.3, 0.4) is 0 Å². The van der Waals surface area contributed by atoms with Crippen LogP contribution < -0.4 is 31.1 Å². The molecule has 3 aliphatic heterocycles. The van der Waals surface area contributed by atoms with E-state index >= 15 is 0 Å². The van der Waals surface area contributed by atoms with Crippen molar-refractivity contribution in [2.24, 2.45) is 0 Å². The quantitative estimate of drug-likeness (QED) is 0.177. The zero-order valence-electron chi connectivity index (χ0n) is 29.4. The van der Waals surface area contributed by atoms with Gasteiger partial charge in [0.1, 0.15) is 0 Å². The SMILES string of the molecule is Cc1cc(C)c2c(c1)C1(C)CCCCC1(C)N2c1cc2c3c(c1)N(c1ccccc1)c1ccccc1B3c1ccccc1N2c1ccccc1. The summed E-state index contributed by atoms with van der Waals surface area (Å²) < 4.78 is 0. The monoisotopic (exact) mass is 647 g/mol. The second-order valence-electron chi connectivity index (χ2n) is 15.4. The Kier molecular flexibility index (Phi) is 6.32. The molecular formula is C46H42BN3. The van der Waals surface area contributed by atoms with Crippen LogP contribution in [0.4, 0.5) is 45.5 Å². The second-order valence-corrected chi connectivity index (χ2v) is 15.4. The molecule has 3 nitrogen and oxygen atoms in total. The van der Waals surface area contributed by atoms with Crippen LogP contribution >= 0.6 is 0 Å². The zero-order valence-corrected chi connectivity index (χ0v) is 29.4. The molecule has 0 saturated heterocycles. The molecule has 50 heavy (non-hydrogen) atoms. The van der Waals surface area contributed by atoms with Crippen LogP contribution in [0.1, 0.15) is 56.2 Å². The van der Waals surface area contributed by atoms with Crippen LogP contribution in [0.15, 0.2) is 133 Å². The predicted molar refractivity (Wildman–Crippen MR) is 213 cm³/mol. The number of anilines is 8. The summed E-state index contributed by atoms with van der Waals surface area (Å²) in [5.74, 6) is 0. The standard InChI is InChI=1S/C46H42BN3/c1-31-27-32(2)44-36(28-31)45(3)25-15-16-26-46(45,4)50(44)35-29-41-43-42(30-35)49(34-19-9-6-10-20-34)40-24-14-12-22-38(40)47(43)37-21-11-13-23-39(37)48(41)33-17-7-5-8-18-33/h5-14,17-24,27-30H,15-16,25-26H2,1-4H3. The predicted octanol–water partition coefficient (Wildman–Crippen LogP) is 10.1. The Morgan fingerprint density at radius 3 is 1.64 bits per heavy atom. The molecule has 3 heterocycles. The van der Waals surface area contributed by atoms with Crippen molar-refractivity contribution in [3.05, 3.63) is 150 Å². The number of nitrogens with zero attached hydrogens (tertiary/aromatic N) is 3. The van der Waals surface area contributed by atoms with Crippen LogP contribution in [0.2, 0.25) is 0 Å². The first kappa shape index (κ1) is 29.7. The van der Waals surface area contributed by atoms with Gasteiger partial charge >= 0.3 is 0 Å². The summed E-state index contributed by atoms with van der Waals surface area (Å²) >= 11 is 0. The Morgan fingerprint density at radius 2 is 1.06 bits per heavy atom. The van der Waals surface area contributed by atoms with Gasteiger partial charge in [-0.1, -0.05) is 110 Å². The molecular weight excluding hydrogens is 605 g/mol. The van der Waals surface area contributed by atoms with Crippen LogP contribution in [-0.2, 0) is 5.41 Å². The average Bonchev–Trinajstić information content (AvgIpc) is 3.35. The lowest BCUT2D eigenvalue weighted by Crippen LogP contribution is -2.61. The van der Waals surface area contributed by atoms with E-state index in [4.69, 9.17) is 0 Å². The third kappa shape index (κ3) is 3.88. The molecule has 244 valence electrons. The highest BCUT2D eigenvalue weighted by molar-refractivity contribution is 7.00. The molecule has 0 spiro atoms. The lowest BCUT2D eigenvalue weighted by molar-refractivity contribution is 0.195. The molecule has 1 saturated carbocycles. The fourth-order valence-electron chi connectivity index (χ4n) is 10.3. The molecule has 0 N–H and O–H groups in total. The normalized spacial score (nSPS) is 21.3. The molecule has 1 aliphatic carbocycles. The number of hydrogen-bond acceptors (Lipinski definition) is 3. The van der Waals surface area contributed by atoms with Crippen LogP contribution in [0.25, 0.3) is 0 Å². The van der Waals surface area contributed by atoms with Crippen molar-refractivity contribution in [3.8, 4) is 0 Å². The largest absolute Gasteiger partial charge is 0.334 e. The second kappa shape index (κ2) is 10.6. The Balaban J connectivity index is 1.33. The molecule has 6 aromatic carbocycles. The maximum atomic E-state index is 2.79. The number of benzene rings is 6. The third-order valence-corrected chi connectivity index (χ3v) is 12.7. The summed E-state index contributed by atoms with van der Waals surface area (Å²) in [6.07, 6.45) is 4.91. The average molecular weight is 648 g/mol. The van der Waals surface area contributed by atoms with Crippen molar-refractivity contribution >= 4 is 68.6 Å². The summed E-state index contributed by atoms with van der Waals surface area (Å²) in [5.41, 5.74) is 18.4. The number of aryl methyl sites for hydroxylation is 2. The summed E-state index contributed by atoms with van der Waals surface area (Å²) in [6, 6.07) is 50.1. The van der Waals surface area contributed by atoms with E-state index in [2.05, 4.69) is 176 Å². The Morgan fingerprint density at radius 1 is 0.540 bits per heavy atom. The molecule has 10 rings (SSSR count). The molecule has 0 radical (unpaired) electrons. The fourth-order valence-corrected chi connectivity index (χ4v) is 10.3. The van der Waals surface area contributed by atoms with Gasteiger partial charge in [-0.15, -0.1) is 0 Å². The number of hydrogen-bond donors (Lipinski definition) is 0. The minimum Gasteiger partial charge on any atom is -0.334 e. The van der Waals surface area contributed by atoms with Gasteiger partial charge in [-0.2, -0.15) is 0 Å². The summed E-state index contributed by atoms with van der Waals surface area (Å²) in [4.78, 5) is 7.86. The van der Waals surface area contributed by atoms with Crippen LogP contribution in [-0.4, -0.2) is 12.3 Å². The summed E-state index contributed by atoms with van der Waals surface area (Å²) in [6.45, 7) is 9.84. The van der Waals surface area contributed by atoms with Crippen molar-refractivity contribution in [2.45, 2.75) is 64.3 Å². The van der Waals surface area contributed by atoms with Gasteiger partial charge in [0.2, 0.25) is 0 Å². The van der Waals surface area contributed by atoms with E-state index in [9.17, 15) is 0 Å². The Hall–Kier alpha value is -5.22. The maximum Gasteiger partial charge on any atom is 0.252 e. The van der Waals surface area contributed by atoms with Gasteiger partial charge < -0.3 is 14.7 Å². The van der Waals surface area contributed by atoms with E-state index in [0.717, 1.165) is 0 Å². The lowest BCUT2D eigenvalue weighted by atomic mass is 9.33. The molecule has 4 heteroatoms. The van der Waals surface area contributed by atoms with Gasteiger partial charge in [-0.25, -0.2) is 0 Å². The van der Waals surface area contributed by atoms with E-state index in [1.165, 1.54) is 104 Å². The van der Waals surface area contributed by atoms with Gasteiger partial charge in [-0.3, -0.25) is 0 Å². The summed E-state index contributed by atoms with van der Waals surface area (Å²) in [5, 5.41) is 0. The van der Waals surface area contributed by atoms with Crippen LogP contribution in [0, 0.1) is 13.8 Å². The lowest BCUT2D eigenvalue weighted by Gasteiger charge is -2.51. The van der Waals surface area contributed by atoms with Gasteiger partial charge in [0.15, 0.2) is 0 Å². The van der Waals surface area contributed by atoms with E-state index in [-0.39, 0.29) is 17.7 Å². The van der Waals surface area contributed by atoms with Gasteiger partial charge in [0.25, 0.3) is 6.71 Å². The maximum absolute atomic E-state index is 2.79. The topological polar surface area (TPSA) is 9.72 Å². The summed E-state index contributed by atoms with van der Waals surface area (Å²) in [7, 11) is 0. The minimum absolute atomic E-state index is 0.0548. The van der Waals surface area contributed by atoms with Gasteiger partial charge in [0.05, 0.1) is 5.54 Å². The fraction of sp³-hybridized carbons (Fsp3) is 0.217. The minimum atomic E-state index is -0.0548. The highest BCUT2D eigenvalue weighted by Crippen LogP contribution is 2.62. The Labute approximate surface area is 296 Å². The third-order valence-electron chi connectivity index (χ3n) is 12.7. The first-order valence-electron chi connectivity index (χ1n) is 18.4. The molecule has 0 amide bonds. The molecule has 2 unspecified atom stereocenters. The molecule has 6 aromatic rings. The van der Waals surface area contributed by atoms with Gasteiger partial charge in [-0.05, 0) is 110 Å². The van der Waals surface area contributed by atoms with Crippen molar-refractivity contribution in [3.63, 3.8) is 0 Å². The molecule has 1 fully saturated rings. The molecule has 0 aromatic heterocycles. The van der Waals surface area contributed by atoms with Crippen LogP contribution in [0.5, 0.6) is 0 Å². The first-order chi connectivity index (χ1) is 24.4. The molecule has 2 atom stereocenters. The number of fused-ring (bicyclic) bond motifs is 7. The zero-order chi connectivity index (χ0) is 33.8. The smallest absolute Gasteiger partial charge is 0.252 e. The van der Waals surface area contributed by atoms with E-state index in [1.54, 1.807) is 0 Å². The first-order valence-corrected chi connectivity index (χ1v) is 18.4. The number of rotatable bonds is 3. The highest BCUT2D eigenvalue weighted by atomic mass is 15.3. The number of para-hydroxylation sites is 4. The van der Waals surface area contributed by atoms with Crippen molar-refractivity contribution in [2.75, 3.05) is 14.7 Å². The molecule has 4 aliphatic rings. The Bertz CT molecular complexity index is 2200. The van der Waals surface area contributed by atoms with E-state index in [0.29, 0.717) is 0 Å². The van der Waals surface area contributed by atoms with Crippen molar-refractivity contribution in [1.82, 2.24) is 0 Å². The highest BCUT2D eigenvalue weighted by Gasteiger charge is 2.58. The van der Waals surface area contributed by atoms with Crippen molar-refractivity contribution < 1.29 is 0 Å².